The highest BCUT2D eigenvalue weighted by Gasteiger charge is 2.40. The van der Waals surface area contributed by atoms with Crippen LogP contribution >= 0.6 is 0 Å². The van der Waals surface area contributed by atoms with Gasteiger partial charge in [-0.3, -0.25) is 0 Å². The van der Waals surface area contributed by atoms with E-state index in [1.165, 1.54) is 5.56 Å². The lowest BCUT2D eigenvalue weighted by Gasteiger charge is -2.20. The maximum absolute atomic E-state index is 12.5. The lowest BCUT2D eigenvalue weighted by atomic mass is 10.1. The Morgan fingerprint density at radius 1 is 0.933 bits per heavy atom. The molecule has 6 nitrogen and oxygen atoms in total. The zero-order chi connectivity index (χ0) is 21.3. The molecule has 0 bridgehead atoms. The summed E-state index contributed by atoms with van der Waals surface area (Å²) < 4.78 is 16.2. The molecule has 6 heteroatoms. The Labute approximate surface area is 177 Å². The highest BCUT2D eigenvalue weighted by Crippen LogP contribution is 2.27. The number of carbonyl (C=O) groups excluding carboxylic acids is 2. The van der Waals surface area contributed by atoms with E-state index in [2.05, 4.69) is 17.4 Å². The number of benzene rings is 2. The van der Waals surface area contributed by atoms with Crippen LogP contribution in [0, 0.1) is 5.92 Å². The van der Waals surface area contributed by atoms with E-state index in [1.54, 1.807) is 0 Å². The van der Waals surface area contributed by atoms with Gasteiger partial charge in [0.1, 0.15) is 25.4 Å². The summed E-state index contributed by atoms with van der Waals surface area (Å²) in [7, 11) is 0. The number of epoxide rings is 1. The third kappa shape index (κ3) is 6.88. The third-order valence-corrected chi connectivity index (χ3v) is 5.04. The van der Waals surface area contributed by atoms with Gasteiger partial charge in [0, 0.05) is 0 Å². The van der Waals surface area contributed by atoms with Crippen molar-refractivity contribution in [2.24, 2.45) is 5.92 Å². The van der Waals surface area contributed by atoms with E-state index in [4.69, 9.17) is 14.2 Å². The van der Waals surface area contributed by atoms with Crippen molar-refractivity contribution in [2.75, 3.05) is 6.61 Å². The molecule has 1 N–H and O–H groups in total. The number of rotatable bonds is 10. The second-order valence-corrected chi connectivity index (χ2v) is 7.80. The van der Waals surface area contributed by atoms with E-state index >= 15 is 0 Å². The van der Waals surface area contributed by atoms with Crippen LogP contribution in [0.25, 0.3) is 0 Å². The predicted octanol–water partition coefficient (Wildman–Crippen LogP) is 3.88. The fourth-order valence-corrected chi connectivity index (χ4v) is 3.18. The Kier molecular flexibility index (Phi) is 7.85. The van der Waals surface area contributed by atoms with Crippen molar-refractivity contribution >= 4 is 12.1 Å². The molecule has 0 aliphatic carbocycles. The highest BCUT2D eigenvalue weighted by atomic mass is 16.6. The Morgan fingerprint density at radius 2 is 1.57 bits per heavy atom. The van der Waals surface area contributed by atoms with Gasteiger partial charge >= 0.3 is 12.1 Å². The van der Waals surface area contributed by atoms with Gasteiger partial charge in [-0.05, 0) is 29.9 Å². The molecule has 1 saturated heterocycles. The fraction of sp³-hybridized carbons (Fsp3) is 0.417. The molecule has 1 amide bonds. The first-order valence-electron chi connectivity index (χ1n) is 10.4. The molecule has 0 radical (unpaired) electrons. The second kappa shape index (κ2) is 10.8. The first-order valence-corrected chi connectivity index (χ1v) is 10.4. The molecular weight excluding hydrogens is 382 g/mol. The smallest absolute Gasteiger partial charge is 0.408 e. The summed E-state index contributed by atoms with van der Waals surface area (Å²) >= 11 is 0. The molecule has 1 heterocycles. The Hall–Kier alpha value is -2.86. The Bertz CT molecular complexity index is 809. The van der Waals surface area contributed by atoms with Gasteiger partial charge in [0.15, 0.2) is 0 Å². The number of amides is 1. The van der Waals surface area contributed by atoms with Crippen molar-refractivity contribution in [3.63, 3.8) is 0 Å². The molecule has 0 unspecified atom stereocenters. The molecule has 1 aliphatic rings. The van der Waals surface area contributed by atoms with E-state index < -0.39 is 18.1 Å². The van der Waals surface area contributed by atoms with Gasteiger partial charge < -0.3 is 19.5 Å². The molecule has 1 aliphatic heterocycles. The quantitative estimate of drug-likeness (QED) is 0.474. The van der Waals surface area contributed by atoms with Crippen molar-refractivity contribution in [1.82, 2.24) is 5.32 Å². The molecule has 0 aromatic heterocycles. The number of hydrogen-bond acceptors (Lipinski definition) is 5. The molecule has 2 aromatic rings. The zero-order valence-corrected chi connectivity index (χ0v) is 17.5. The summed E-state index contributed by atoms with van der Waals surface area (Å²) in [6.07, 6.45) is 1.22. The number of alkyl carbamates (subject to hydrolysis) is 1. The average molecular weight is 411 g/mol. The first-order chi connectivity index (χ1) is 14.5. The van der Waals surface area contributed by atoms with Crippen molar-refractivity contribution in [2.45, 2.75) is 51.5 Å². The molecule has 0 saturated carbocycles. The van der Waals surface area contributed by atoms with Gasteiger partial charge in [-0.1, -0.05) is 74.5 Å². The molecular formula is C24H29NO5. The number of ether oxygens (including phenoxy) is 3. The largest absolute Gasteiger partial charge is 0.461 e. The van der Waals surface area contributed by atoms with Crippen LogP contribution in [0.4, 0.5) is 4.79 Å². The molecule has 3 atom stereocenters. The topological polar surface area (TPSA) is 77.2 Å². The van der Waals surface area contributed by atoms with Crippen molar-refractivity contribution in [3.8, 4) is 0 Å². The standard InChI is InChI=1S/C24H29NO5/c1-17(2)22(25-24(27)29-15-19-11-7-4-8-12-19)23(26)28-16-21-20(30-21)14-13-18-9-5-3-6-10-18/h3-12,17,20-22H,13-16H2,1-2H3,(H,25,27)/t20-,21-,22+/m1/s1. The molecule has 3 rings (SSSR count). The minimum Gasteiger partial charge on any atom is -0.461 e. The molecule has 160 valence electrons. The predicted molar refractivity (Wildman–Crippen MR) is 113 cm³/mol. The first kappa shape index (κ1) is 21.8. The van der Waals surface area contributed by atoms with Crippen LogP contribution in [-0.2, 0) is 32.0 Å². The highest BCUT2D eigenvalue weighted by molar-refractivity contribution is 5.81. The van der Waals surface area contributed by atoms with Crippen molar-refractivity contribution < 1.29 is 23.8 Å². The van der Waals surface area contributed by atoms with Gasteiger partial charge in [-0.25, -0.2) is 9.59 Å². The van der Waals surface area contributed by atoms with Crippen LogP contribution in [0.1, 0.15) is 31.4 Å². The van der Waals surface area contributed by atoms with Crippen LogP contribution in [0.5, 0.6) is 0 Å². The van der Waals surface area contributed by atoms with Crippen LogP contribution in [0.3, 0.4) is 0 Å². The van der Waals surface area contributed by atoms with Crippen molar-refractivity contribution in [1.29, 1.82) is 0 Å². The van der Waals surface area contributed by atoms with Crippen LogP contribution < -0.4 is 5.32 Å². The molecule has 2 aromatic carbocycles. The van der Waals surface area contributed by atoms with Gasteiger partial charge in [-0.2, -0.15) is 0 Å². The minimum atomic E-state index is -0.769. The maximum Gasteiger partial charge on any atom is 0.408 e. The lowest BCUT2D eigenvalue weighted by Crippen LogP contribution is -2.45. The maximum atomic E-state index is 12.5. The van der Waals surface area contributed by atoms with Gasteiger partial charge in [-0.15, -0.1) is 0 Å². The number of nitrogens with one attached hydrogen (secondary N) is 1. The van der Waals surface area contributed by atoms with Crippen LogP contribution in [0.2, 0.25) is 0 Å². The van der Waals surface area contributed by atoms with E-state index in [-0.39, 0.29) is 31.3 Å². The van der Waals surface area contributed by atoms with E-state index in [1.807, 2.05) is 62.4 Å². The lowest BCUT2D eigenvalue weighted by molar-refractivity contribution is -0.147. The van der Waals surface area contributed by atoms with Gasteiger partial charge in [0.2, 0.25) is 0 Å². The monoisotopic (exact) mass is 411 g/mol. The zero-order valence-electron chi connectivity index (χ0n) is 17.5. The normalized spacial score (nSPS) is 18.5. The summed E-state index contributed by atoms with van der Waals surface area (Å²) in [5.41, 5.74) is 2.14. The summed E-state index contributed by atoms with van der Waals surface area (Å²) in [5.74, 6) is -0.602. The fourth-order valence-electron chi connectivity index (χ4n) is 3.18. The van der Waals surface area contributed by atoms with Crippen LogP contribution in [0.15, 0.2) is 60.7 Å². The second-order valence-electron chi connectivity index (χ2n) is 7.80. The Morgan fingerprint density at radius 3 is 2.20 bits per heavy atom. The van der Waals surface area contributed by atoms with E-state index in [9.17, 15) is 9.59 Å². The van der Waals surface area contributed by atoms with Gasteiger partial charge in [0.05, 0.1) is 6.10 Å². The number of hydrogen-bond donors (Lipinski definition) is 1. The minimum absolute atomic E-state index is 0.0736. The van der Waals surface area contributed by atoms with Crippen LogP contribution in [-0.4, -0.2) is 36.9 Å². The summed E-state index contributed by atoms with van der Waals surface area (Å²) in [5, 5.41) is 2.61. The van der Waals surface area contributed by atoms with E-state index in [0.717, 1.165) is 18.4 Å². The number of carbonyl (C=O) groups is 2. The van der Waals surface area contributed by atoms with E-state index in [0.29, 0.717) is 0 Å². The average Bonchev–Trinajstić information content (AvgIpc) is 3.52. The Balaban J connectivity index is 1.37. The number of esters is 1. The third-order valence-electron chi connectivity index (χ3n) is 5.04. The summed E-state index contributed by atoms with van der Waals surface area (Å²) in [6.45, 7) is 4.03. The molecule has 0 spiro atoms. The van der Waals surface area contributed by atoms with Crippen molar-refractivity contribution in [3.05, 3.63) is 71.8 Å². The SMILES string of the molecule is CC(C)[C@H](NC(=O)OCc1ccccc1)C(=O)OC[C@H]1O[C@@H]1CCc1ccccc1. The molecule has 30 heavy (non-hydrogen) atoms. The summed E-state index contributed by atoms with van der Waals surface area (Å²) in [4.78, 5) is 24.6. The summed E-state index contributed by atoms with van der Waals surface area (Å²) in [6, 6.07) is 18.8. The molecule has 1 fully saturated rings. The van der Waals surface area contributed by atoms with Gasteiger partial charge in [0.25, 0.3) is 0 Å². The number of aryl methyl sites for hydroxylation is 1.